The number of ether oxygens (including phenoxy) is 1. The number of nitrogens with zero attached hydrogens (tertiary/aromatic N) is 3. The van der Waals surface area contributed by atoms with E-state index in [1.54, 1.807) is 18.3 Å². The Labute approximate surface area is 149 Å². The molecular formula is C18H14ClN3O3. The molecule has 2 aromatic carbocycles. The van der Waals surface area contributed by atoms with E-state index in [0.717, 1.165) is 11.4 Å². The van der Waals surface area contributed by atoms with Crippen LogP contribution in [0, 0.1) is 10.1 Å². The molecule has 0 N–H and O–H groups in total. The number of hydrogen-bond acceptors (Lipinski definition) is 4. The van der Waals surface area contributed by atoms with Crippen LogP contribution in [0.2, 0.25) is 5.02 Å². The molecule has 7 heteroatoms. The van der Waals surface area contributed by atoms with Crippen LogP contribution in [-0.2, 0) is 0 Å². The van der Waals surface area contributed by atoms with E-state index in [-0.39, 0.29) is 5.69 Å². The first-order chi connectivity index (χ1) is 12.1. The maximum Gasteiger partial charge on any atom is 0.271 e. The second-order valence-electron chi connectivity index (χ2n) is 5.15. The van der Waals surface area contributed by atoms with Gasteiger partial charge in [0.25, 0.3) is 5.69 Å². The van der Waals surface area contributed by atoms with Crippen molar-refractivity contribution >= 4 is 29.2 Å². The lowest BCUT2D eigenvalue weighted by Crippen LogP contribution is -1.97. The minimum Gasteiger partial charge on any atom is -0.494 e. The van der Waals surface area contributed by atoms with E-state index in [9.17, 15) is 10.1 Å². The molecule has 25 heavy (non-hydrogen) atoms. The summed E-state index contributed by atoms with van der Waals surface area (Å²) in [6.45, 7) is 0. The van der Waals surface area contributed by atoms with Crippen molar-refractivity contribution in [1.82, 2.24) is 4.57 Å². The second kappa shape index (κ2) is 7.19. The normalized spacial score (nSPS) is 11.0. The fourth-order valence-electron chi connectivity index (χ4n) is 2.36. The van der Waals surface area contributed by atoms with E-state index < -0.39 is 4.92 Å². The van der Waals surface area contributed by atoms with E-state index >= 15 is 0 Å². The van der Waals surface area contributed by atoms with Gasteiger partial charge in [-0.15, -0.1) is 0 Å². The SMILES string of the molecule is COc1ccc([N+](=O)[O-])cc1N=Cc1cccn1-c1ccc(Cl)cc1. The largest absolute Gasteiger partial charge is 0.494 e. The van der Waals surface area contributed by atoms with E-state index in [1.807, 2.05) is 35.0 Å². The zero-order valence-electron chi connectivity index (χ0n) is 13.3. The van der Waals surface area contributed by atoms with Crippen molar-refractivity contribution in [3.63, 3.8) is 0 Å². The lowest BCUT2D eigenvalue weighted by molar-refractivity contribution is -0.384. The molecule has 0 aliphatic rings. The van der Waals surface area contributed by atoms with Crippen molar-refractivity contribution in [1.29, 1.82) is 0 Å². The van der Waals surface area contributed by atoms with Crippen LogP contribution < -0.4 is 4.74 Å². The van der Waals surface area contributed by atoms with Crippen molar-refractivity contribution in [2.24, 2.45) is 4.99 Å². The van der Waals surface area contributed by atoms with Gasteiger partial charge in [0, 0.05) is 29.0 Å². The van der Waals surface area contributed by atoms with Gasteiger partial charge in [0.05, 0.1) is 23.9 Å². The molecule has 1 aromatic heterocycles. The van der Waals surface area contributed by atoms with Gasteiger partial charge in [-0.1, -0.05) is 11.6 Å². The highest BCUT2D eigenvalue weighted by molar-refractivity contribution is 6.30. The van der Waals surface area contributed by atoms with Crippen LogP contribution in [-0.4, -0.2) is 22.8 Å². The van der Waals surface area contributed by atoms with Gasteiger partial charge in [0.1, 0.15) is 11.4 Å². The van der Waals surface area contributed by atoms with E-state index in [2.05, 4.69) is 4.99 Å². The molecule has 0 amide bonds. The predicted octanol–water partition coefficient (Wildman–Crippen LogP) is 4.80. The van der Waals surface area contributed by atoms with Gasteiger partial charge in [0.2, 0.25) is 0 Å². The number of benzene rings is 2. The number of halogens is 1. The molecule has 126 valence electrons. The van der Waals surface area contributed by atoms with Crippen LogP contribution in [0.15, 0.2) is 65.8 Å². The third-order valence-electron chi connectivity index (χ3n) is 3.59. The van der Waals surface area contributed by atoms with Gasteiger partial charge in [-0.05, 0) is 42.5 Å². The lowest BCUT2D eigenvalue weighted by Gasteiger charge is -2.07. The Bertz CT molecular complexity index is 933. The maximum absolute atomic E-state index is 11.0. The minimum atomic E-state index is -0.463. The molecule has 0 aliphatic carbocycles. The number of nitro groups is 1. The fourth-order valence-corrected chi connectivity index (χ4v) is 2.49. The van der Waals surface area contributed by atoms with Gasteiger partial charge >= 0.3 is 0 Å². The molecule has 0 fully saturated rings. The van der Waals surface area contributed by atoms with Crippen LogP contribution in [0.25, 0.3) is 5.69 Å². The second-order valence-corrected chi connectivity index (χ2v) is 5.59. The summed E-state index contributed by atoms with van der Waals surface area (Å²) in [6.07, 6.45) is 3.53. The monoisotopic (exact) mass is 355 g/mol. The maximum atomic E-state index is 11.0. The van der Waals surface area contributed by atoms with E-state index in [0.29, 0.717) is 16.5 Å². The number of nitro benzene ring substituents is 1. The highest BCUT2D eigenvalue weighted by atomic mass is 35.5. The number of aromatic nitrogens is 1. The molecule has 0 saturated heterocycles. The van der Waals surface area contributed by atoms with E-state index in [1.165, 1.54) is 25.3 Å². The number of methoxy groups -OCH3 is 1. The van der Waals surface area contributed by atoms with Crippen molar-refractivity contribution in [2.75, 3.05) is 7.11 Å². The molecular weight excluding hydrogens is 342 g/mol. The van der Waals surface area contributed by atoms with Gasteiger partial charge in [-0.25, -0.2) is 0 Å². The Morgan fingerprint density at radius 1 is 1.20 bits per heavy atom. The van der Waals surface area contributed by atoms with Crippen LogP contribution in [0.5, 0.6) is 5.75 Å². The molecule has 3 aromatic rings. The topological polar surface area (TPSA) is 69.7 Å². The molecule has 1 heterocycles. The number of rotatable bonds is 5. The van der Waals surface area contributed by atoms with Crippen LogP contribution in [0.1, 0.15) is 5.69 Å². The smallest absolute Gasteiger partial charge is 0.271 e. The highest BCUT2D eigenvalue weighted by Crippen LogP contribution is 2.31. The fraction of sp³-hybridized carbons (Fsp3) is 0.0556. The first-order valence-corrected chi connectivity index (χ1v) is 7.76. The molecule has 3 rings (SSSR count). The lowest BCUT2D eigenvalue weighted by atomic mass is 10.2. The predicted molar refractivity (Wildman–Crippen MR) is 97.7 cm³/mol. The summed E-state index contributed by atoms with van der Waals surface area (Å²) < 4.78 is 7.15. The molecule has 0 saturated carbocycles. The summed E-state index contributed by atoms with van der Waals surface area (Å²) in [4.78, 5) is 14.9. The number of non-ortho nitro benzene ring substituents is 1. The molecule has 0 spiro atoms. The highest BCUT2D eigenvalue weighted by Gasteiger charge is 2.10. The first kappa shape index (κ1) is 16.7. The molecule has 0 atom stereocenters. The summed E-state index contributed by atoms with van der Waals surface area (Å²) in [5, 5.41) is 11.6. The summed E-state index contributed by atoms with van der Waals surface area (Å²) in [5.41, 5.74) is 2.10. The first-order valence-electron chi connectivity index (χ1n) is 7.38. The molecule has 0 aliphatic heterocycles. The quantitative estimate of drug-likeness (QED) is 0.375. The van der Waals surface area contributed by atoms with Crippen LogP contribution >= 0.6 is 11.6 Å². The number of hydrogen-bond donors (Lipinski definition) is 0. The standard InChI is InChI=1S/C18H14ClN3O3/c1-25-18-9-8-15(22(23)24)11-17(18)20-12-16-3-2-10-21(16)14-6-4-13(19)5-7-14/h2-12H,1H3. The molecule has 6 nitrogen and oxygen atoms in total. The Balaban J connectivity index is 1.96. The Kier molecular flexibility index (Phi) is 4.81. The molecule has 0 bridgehead atoms. The summed E-state index contributed by atoms with van der Waals surface area (Å²) in [5.74, 6) is 0.464. The Hall–Kier alpha value is -3.12. The average Bonchev–Trinajstić information content (AvgIpc) is 3.08. The summed E-state index contributed by atoms with van der Waals surface area (Å²) in [6, 6.07) is 15.5. The van der Waals surface area contributed by atoms with E-state index in [4.69, 9.17) is 16.3 Å². The van der Waals surface area contributed by atoms with Crippen LogP contribution in [0.4, 0.5) is 11.4 Å². The molecule has 0 unspecified atom stereocenters. The Morgan fingerprint density at radius 3 is 2.64 bits per heavy atom. The van der Waals surface area contributed by atoms with Crippen LogP contribution in [0.3, 0.4) is 0 Å². The van der Waals surface area contributed by atoms with Gasteiger partial charge in [0.15, 0.2) is 0 Å². The van der Waals surface area contributed by atoms with Crippen molar-refractivity contribution < 1.29 is 9.66 Å². The third kappa shape index (κ3) is 3.70. The zero-order valence-corrected chi connectivity index (χ0v) is 14.1. The average molecular weight is 356 g/mol. The van der Waals surface area contributed by atoms with Crippen molar-refractivity contribution in [3.05, 3.63) is 81.6 Å². The van der Waals surface area contributed by atoms with Gasteiger partial charge < -0.3 is 9.30 Å². The third-order valence-corrected chi connectivity index (χ3v) is 3.85. The van der Waals surface area contributed by atoms with Gasteiger partial charge in [-0.3, -0.25) is 15.1 Å². The summed E-state index contributed by atoms with van der Waals surface area (Å²) in [7, 11) is 1.50. The summed E-state index contributed by atoms with van der Waals surface area (Å²) >= 11 is 5.92. The van der Waals surface area contributed by atoms with Crippen molar-refractivity contribution in [2.45, 2.75) is 0 Å². The molecule has 0 radical (unpaired) electrons. The Morgan fingerprint density at radius 2 is 1.96 bits per heavy atom. The van der Waals surface area contributed by atoms with Crippen molar-refractivity contribution in [3.8, 4) is 11.4 Å². The minimum absolute atomic E-state index is 0.0407. The zero-order chi connectivity index (χ0) is 17.8. The van der Waals surface area contributed by atoms with Gasteiger partial charge in [-0.2, -0.15) is 0 Å². The number of aliphatic imine (C=N–C) groups is 1.